The first-order chi connectivity index (χ1) is 13.0. The molecule has 0 aliphatic carbocycles. The van der Waals surface area contributed by atoms with Gasteiger partial charge in [-0.2, -0.15) is 0 Å². The summed E-state index contributed by atoms with van der Waals surface area (Å²) in [5.41, 5.74) is 3.41. The normalized spacial score (nSPS) is 10.3. The number of anilines is 1. The molecule has 0 heterocycles. The first-order valence-electron chi connectivity index (χ1n) is 8.48. The third kappa shape index (κ3) is 5.02. The molecular formula is C22H20ClNO3. The highest BCUT2D eigenvalue weighted by Gasteiger charge is 2.12. The molecule has 0 aromatic heterocycles. The van der Waals surface area contributed by atoms with Gasteiger partial charge in [-0.3, -0.25) is 4.79 Å². The van der Waals surface area contributed by atoms with Gasteiger partial charge < -0.3 is 14.8 Å². The van der Waals surface area contributed by atoms with E-state index in [0.717, 1.165) is 5.56 Å². The van der Waals surface area contributed by atoms with Crippen molar-refractivity contribution in [1.82, 2.24) is 0 Å². The number of benzene rings is 3. The number of methoxy groups -OCH3 is 1. The van der Waals surface area contributed by atoms with Crippen molar-refractivity contribution in [1.29, 1.82) is 0 Å². The van der Waals surface area contributed by atoms with Crippen LogP contribution in [0.3, 0.4) is 0 Å². The summed E-state index contributed by atoms with van der Waals surface area (Å²) in [7, 11) is 1.55. The van der Waals surface area contributed by atoms with Gasteiger partial charge in [0.15, 0.2) is 11.5 Å². The molecule has 5 heteroatoms. The van der Waals surface area contributed by atoms with Crippen molar-refractivity contribution in [3.63, 3.8) is 0 Å². The minimum Gasteiger partial charge on any atom is -0.493 e. The molecule has 1 amide bonds. The highest BCUT2D eigenvalue weighted by Crippen LogP contribution is 2.29. The third-order valence-electron chi connectivity index (χ3n) is 4.04. The molecule has 3 rings (SSSR count). The molecule has 0 spiro atoms. The number of carbonyl (C=O) groups excluding carboxylic acids is 1. The summed E-state index contributed by atoms with van der Waals surface area (Å²) < 4.78 is 11.2. The molecule has 0 aliphatic heterocycles. The van der Waals surface area contributed by atoms with Crippen LogP contribution in [0.15, 0.2) is 66.7 Å². The van der Waals surface area contributed by atoms with Gasteiger partial charge in [-0.25, -0.2) is 0 Å². The van der Waals surface area contributed by atoms with Crippen molar-refractivity contribution in [2.45, 2.75) is 13.5 Å². The van der Waals surface area contributed by atoms with Crippen LogP contribution in [0.4, 0.5) is 5.69 Å². The maximum atomic E-state index is 12.4. The van der Waals surface area contributed by atoms with Gasteiger partial charge in [0.1, 0.15) is 6.61 Å². The molecule has 3 aromatic rings. The zero-order valence-corrected chi connectivity index (χ0v) is 15.9. The largest absolute Gasteiger partial charge is 0.493 e. The van der Waals surface area contributed by atoms with E-state index in [9.17, 15) is 4.79 Å². The van der Waals surface area contributed by atoms with Crippen LogP contribution in [-0.4, -0.2) is 13.0 Å². The van der Waals surface area contributed by atoms with Crippen molar-refractivity contribution >= 4 is 23.2 Å². The summed E-state index contributed by atoms with van der Waals surface area (Å²) >= 11 is 5.86. The lowest BCUT2D eigenvalue weighted by Gasteiger charge is -2.13. The molecule has 0 saturated carbocycles. The summed E-state index contributed by atoms with van der Waals surface area (Å²) in [5, 5.41) is 3.44. The van der Waals surface area contributed by atoms with Crippen molar-refractivity contribution in [2.24, 2.45) is 0 Å². The summed E-state index contributed by atoms with van der Waals surface area (Å²) in [4.78, 5) is 12.4. The number of hydrogen-bond donors (Lipinski definition) is 1. The number of halogens is 1. The van der Waals surface area contributed by atoms with Gasteiger partial charge in [-0.15, -0.1) is 0 Å². The summed E-state index contributed by atoms with van der Waals surface area (Å²) in [5.74, 6) is 0.854. The molecule has 0 aliphatic rings. The number of amides is 1. The number of nitrogens with one attached hydrogen (secondary N) is 1. The van der Waals surface area contributed by atoms with Gasteiger partial charge in [0, 0.05) is 16.3 Å². The fraction of sp³-hybridized carbons (Fsp3) is 0.136. The number of rotatable bonds is 6. The fourth-order valence-corrected chi connectivity index (χ4v) is 2.64. The van der Waals surface area contributed by atoms with E-state index in [1.807, 2.05) is 31.2 Å². The van der Waals surface area contributed by atoms with Crippen LogP contribution in [-0.2, 0) is 6.61 Å². The number of ether oxygens (including phenoxy) is 2. The SMILES string of the molecule is COc1cc(C(=O)Nc2ccc(Cl)cc2)ccc1OCc1ccc(C)cc1. The Labute approximate surface area is 163 Å². The fourth-order valence-electron chi connectivity index (χ4n) is 2.51. The molecule has 0 fully saturated rings. The lowest BCUT2D eigenvalue weighted by Crippen LogP contribution is -2.12. The van der Waals surface area contributed by atoms with Crippen LogP contribution >= 0.6 is 11.6 Å². The first kappa shape index (κ1) is 18.8. The third-order valence-corrected chi connectivity index (χ3v) is 4.29. The molecule has 0 atom stereocenters. The second-order valence-corrected chi connectivity index (χ2v) is 6.54. The minimum absolute atomic E-state index is 0.235. The summed E-state index contributed by atoms with van der Waals surface area (Å²) in [6.07, 6.45) is 0. The second-order valence-electron chi connectivity index (χ2n) is 6.10. The molecule has 0 saturated heterocycles. The highest BCUT2D eigenvalue weighted by molar-refractivity contribution is 6.30. The molecule has 0 unspecified atom stereocenters. The molecule has 4 nitrogen and oxygen atoms in total. The zero-order chi connectivity index (χ0) is 19.2. The van der Waals surface area contributed by atoms with Gasteiger partial charge in [0.05, 0.1) is 7.11 Å². The van der Waals surface area contributed by atoms with E-state index in [4.69, 9.17) is 21.1 Å². The minimum atomic E-state index is -0.235. The van der Waals surface area contributed by atoms with Gasteiger partial charge in [0.25, 0.3) is 5.91 Å². The van der Waals surface area contributed by atoms with Crippen LogP contribution in [0.25, 0.3) is 0 Å². The second kappa shape index (κ2) is 8.60. The number of hydrogen-bond acceptors (Lipinski definition) is 3. The summed E-state index contributed by atoms with van der Waals surface area (Å²) in [6, 6.07) is 20.2. The van der Waals surface area contributed by atoms with E-state index in [-0.39, 0.29) is 5.91 Å². The van der Waals surface area contributed by atoms with E-state index in [0.29, 0.717) is 34.4 Å². The van der Waals surface area contributed by atoms with E-state index in [2.05, 4.69) is 5.32 Å². The zero-order valence-electron chi connectivity index (χ0n) is 15.2. The molecule has 3 aromatic carbocycles. The van der Waals surface area contributed by atoms with Crippen LogP contribution in [0.2, 0.25) is 5.02 Å². The maximum absolute atomic E-state index is 12.4. The Morgan fingerprint density at radius 1 is 0.963 bits per heavy atom. The molecule has 0 radical (unpaired) electrons. The molecular weight excluding hydrogens is 362 g/mol. The number of aryl methyl sites for hydroxylation is 1. The molecule has 0 bridgehead atoms. The molecule has 138 valence electrons. The molecule has 27 heavy (non-hydrogen) atoms. The Morgan fingerprint density at radius 3 is 2.33 bits per heavy atom. The van der Waals surface area contributed by atoms with Crippen molar-refractivity contribution < 1.29 is 14.3 Å². The standard InChI is InChI=1S/C22H20ClNO3/c1-15-3-5-16(6-4-15)14-27-20-12-7-17(13-21(20)26-2)22(25)24-19-10-8-18(23)9-11-19/h3-13H,14H2,1-2H3,(H,24,25). The average molecular weight is 382 g/mol. The maximum Gasteiger partial charge on any atom is 0.255 e. The Hall–Kier alpha value is -2.98. The Kier molecular flexibility index (Phi) is 5.99. The predicted octanol–water partition coefficient (Wildman–Crippen LogP) is 5.49. The van der Waals surface area contributed by atoms with E-state index in [1.54, 1.807) is 49.6 Å². The van der Waals surface area contributed by atoms with Gasteiger partial charge in [-0.05, 0) is 55.0 Å². The predicted molar refractivity (Wildman–Crippen MR) is 108 cm³/mol. The Balaban J connectivity index is 1.70. The topological polar surface area (TPSA) is 47.6 Å². The van der Waals surface area contributed by atoms with Gasteiger partial charge in [0.2, 0.25) is 0 Å². The van der Waals surface area contributed by atoms with Gasteiger partial charge >= 0.3 is 0 Å². The average Bonchev–Trinajstić information content (AvgIpc) is 2.69. The van der Waals surface area contributed by atoms with E-state index >= 15 is 0 Å². The van der Waals surface area contributed by atoms with Crippen LogP contribution < -0.4 is 14.8 Å². The Morgan fingerprint density at radius 2 is 1.67 bits per heavy atom. The summed E-state index contributed by atoms with van der Waals surface area (Å²) in [6.45, 7) is 2.47. The van der Waals surface area contributed by atoms with Crippen molar-refractivity contribution in [3.05, 3.63) is 88.4 Å². The monoisotopic (exact) mass is 381 g/mol. The van der Waals surface area contributed by atoms with E-state index in [1.165, 1.54) is 5.56 Å². The van der Waals surface area contributed by atoms with Crippen LogP contribution in [0, 0.1) is 6.92 Å². The van der Waals surface area contributed by atoms with Crippen LogP contribution in [0.1, 0.15) is 21.5 Å². The van der Waals surface area contributed by atoms with E-state index < -0.39 is 0 Å². The number of carbonyl (C=O) groups is 1. The lowest BCUT2D eigenvalue weighted by atomic mass is 10.1. The van der Waals surface area contributed by atoms with Crippen molar-refractivity contribution in [3.8, 4) is 11.5 Å². The smallest absolute Gasteiger partial charge is 0.255 e. The first-order valence-corrected chi connectivity index (χ1v) is 8.86. The quantitative estimate of drug-likeness (QED) is 0.614. The Bertz CT molecular complexity index is 921. The highest BCUT2D eigenvalue weighted by atomic mass is 35.5. The molecule has 1 N–H and O–H groups in total. The van der Waals surface area contributed by atoms with Crippen molar-refractivity contribution in [2.75, 3.05) is 12.4 Å². The lowest BCUT2D eigenvalue weighted by molar-refractivity contribution is 0.102. The van der Waals surface area contributed by atoms with Gasteiger partial charge in [-0.1, -0.05) is 41.4 Å². The van der Waals surface area contributed by atoms with Crippen LogP contribution in [0.5, 0.6) is 11.5 Å².